The number of benzene rings is 2. The third-order valence-corrected chi connectivity index (χ3v) is 5.16. The van der Waals surface area contributed by atoms with Gasteiger partial charge in [-0.3, -0.25) is 14.4 Å². The van der Waals surface area contributed by atoms with E-state index in [1.165, 1.54) is 24.6 Å². The fraction of sp³-hybridized carbons (Fsp3) is 0.348. The molecule has 1 aliphatic heterocycles. The van der Waals surface area contributed by atoms with Gasteiger partial charge in [-0.25, -0.2) is 4.39 Å². The summed E-state index contributed by atoms with van der Waals surface area (Å²) in [4.78, 5) is 38.6. The third kappa shape index (κ3) is 5.23. The molecule has 2 atom stereocenters. The Morgan fingerprint density at radius 3 is 2.40 bits per heavy atom. The van der Waals surface area contributed by atoms with Crippen molar-refractivity contribution in [2.45, 2.75) is 39.3 Å². The van der Waals surface area contributed by atoms with Crippen LogP contribution in [0.2, 0.25) is 0 Å². The van der Waals surface area contributed by atoms with E-state index in [1.807, 2.05) is 24.3 Å². The van der Waals surface area contributed by atoms with Crippen LogP contribution in [-0.2, 0) is 32.1 Å². The number of esters is 1. The molecular weight excluding hydrogens is 387 g/mol. The van der Waals surface area contributed by atoms with Crippen molar-refractivity contribution in [2.75, 3.05) is 11.4 Å². The van der Waals surface area contributed by atoms with Crippen LogP contribution in [0.1, 0.15) is 31.4 Å². The Hall–Kier alpha value is -3.22. The van der Waals surface area contributed by atoms with Crippen LogP contribution in [-0.4, -0.2) is 30.4 Å². The van der Waals surface area contributed by atoms with Gasteiger partial charge in [0.15, 0.2) is 6.10 Å². The molecule has 1 saturated heterocycles. The second kappa shape index (κ2) is 9.52. The zero-order chi connectivity index (χ0) is 21.7. The van der Waals surface area contributed by atoms with Gasteiger partial charge >= 0.3 is 5.97 Å². The summed E-state index contributed by atoms with van der Waals surface area (Å²) in [6.07, 6.45) is -0.0336. The zero-order valence-corrected chi connectivity index (χ0v) is 17.1. The number of aryl methyl sites for hydroxylation is 1. The molecule has 0 saturated carbocycles. The summed E-state index contributed by atoms with van der Waals surface area (Å²) >= 11 is 0. The predicted octanol–water partition coefficient (Wildman–Crippen LogP) is 2.99. The molecule has 0 spiro atoms. The van der Waals surface area contributed by atoms with E-state index in [1.54, 1.807) is 17.0 Å². The maximum atomic E-state index is 12.9. The van der Waals surface area contributed by atoms with Gasteiger partial charge in [-0.1, -0.05) is 31.2 Å². The van der Waals surface area contributed by atoms with Gasteiger partial charge in [0, 0.05) is 25.2 Å². The fourth-order valence-corrected chi connectivity index (χ4v) is 3.29. The van der Waals surface area contributed by atoms with Gasteiger partial charge in [-0.15, -0.1) is 0 Å². The van der Waals surface area contributed by atoms with E-state index in [0.717, 1.165) is 17.7 Å². The van der Waals surface area contributed by atoms with Crippen molar-refractivity contribution in [2.24, 2.45) is 5.92 Å². The summed E-state index contributed by atoms with van der Waals surface area (Å²) in [6.45, 7) is 3.96. The highest BCUT2D eigenvalue weighted by atomic mass is 19.1. The van der Waals surface area contributed by atoms with Gasteiger partial charge < -0.3 is 15.0 Å². The number of hydrogen-bond donors (Lipinski definition) is 1. The lowest BCUT2D eigenvalue weighted by Crippen LogP contribution is -2.37. The lowest BCUT2D eigenvalue weighted by Gasteiger charge is -2.18. The zero-order valence-electron chi connectivity index (χ0n) is 17.1. The normalized spacial score (nSPS) is 17.0. The summed E-state index contributed by atoms with van der Waals surface area (Å²) in [5.74, 6) is -2.14. The Morgan fingerprint density at radius 1 is 1.13 bits per heavy atom. The van der Waals surface area contributed by atoms with E-state index in [-0.39, 0.29) is 31.2 Å². The fourth-order valence-electron chi connectivity index (χ4n) is 3.29. The second-order valence-electron chi connectivity index (χ2n) is 7.35. The summed E-state index contributed by atoms with van der Waals surface area (Å²) in [7, 11) is 0. The van der Waals surface area contributed by atoms with Gasteiger partial charge in [-0.05, 0) is 48.7 Å². The van der Waals surface area contributed by atoms with Crippen LogP contribution in [0.4, 0.5) is 10.1 Å². The first kappa shape index (κ1) is 21.5. The second-order valence-corrected chi connectivity index (χ2v) is 7.35. The number of anilines is 1. The molecule has 2 amide bonds. The Labute approximate surface area is 175 Å². The van der Waals surface area contributed by atoms with Crippen LogP contribution in [0, 0.1) is 11.7 Å². The molecule has 1 aliphatic rings. The Morgan fingerprint density at radius 2 is 1.77 bits per heavy atom. The molecule has 1 fully saturated rings. The van der Waals surface area contributed by atoms with E-state index in [0.29, 0.717) is 0 Å². The molecule has 2 aromatic rings. The predicted molar refractivity (Wildman–Crippen MR) is 110 cm³/mol. The highest BCUT2D eigenvalue weighted by Crippen LogP contribution is 2.26. The van der Waals surface area contributed by atoms with Crippen molar-refractivity contribution >= 4 is 23.5 Å². The first-order valence-electron chi connectivity index (χ1n) is 9.99. The maximum Gasteiger partial charge on any atom is 0.312 e. The first-order chi connectivity index (χ1) is 14.4. The van der Waals surface area contributed by atoms with Crippen molar-refractivity contribution in [3.63, 3.8) is 0 Å². The molecule has 7 heteroatoms. The number of rotatable bonds is 7. The topological polar surface area (TPSA) is 75.7 Å². The molecule has 0 radical (unpaired) electrons. The summed E-state index contributed by atoms with van der Waals surface area (Å²) < 4.78 is 18.2. The van der Waals surface area contributed by atoms with Crippen molar-refractivity contribution in [1.82, 2.24) is 5.32 Å². The van der Waals surface area contributed by atoms with E-state index in [4.69, 9.17) is 4.74 Å². The standard InChI is InChI=1S/C23H25FN2O4/c1-3-16-6-10-20(11-7-16)26-14-18(12-21(26)27)23(29)30-15(2)22(28)25-13-17-4-8-19(24)9-5-17/h4-11,15,18H,3,12-14H2,1-2H3,(H,25,28)/t15-,18-/m1/s1. The number of carbonyl (C=O) groups excluding carboxylic acids is 3. The molecule has 0 bridgehead atoms. The van der Waals surface area contributed by atoms with Crippen LogP contribution in [0.15, 0.2) is 48.5 Å². The molecule has 0 aliphatic carbocycles. The molecule has 3 rings (SSSR count). The quantitative estimate of drug-likeness (QED) is 0.710. The van der Waals surface area contributed by atoms with Gasteiger partial charge in [0.05, 0.1) is 5.92 Å². The third-order valence-electron chi connectivity index (χ3n) is 5.16. The van der Waals surface area contributed by atoms with Crippen LogP contribution in [0.3, 0.4) is 0 Å². The molecule has 0 aromatic heterocycles. The van der Waals surface area contributed by atoms with Gasteiger partial charge in [0.1, 0.15) is 5.82 Å². The minimum Gasteiger partial charge on any atom is -0.452 e. The molecule has 6 nitrogen and oxygen atoms in total. The minimum atomic E-state index is -0.995. The molecule has 1 N–H and O–H groups in total. The lowest BCUT2D eigenvalue weighted by molar-refractivity contribution is -0.158. The number of nitrogens with zero attached hydrogens (tertiary/aromatic N) is 1. The number of nitrogens with one attached hydrogen (secondary N) is 1. The number of ether oxygens (including phenoxy) is 1. The molecular formula is C23H25FN2O4. The first-order valence-corrected chi connectivity index (χ1v) is 9.99. The van der Waals surface area contributed by atoms with Gasteiger partial charge in [0.2, 0.25) is 5.91 Å². The van der Waals surface area contributed by atoms with Crippen molar-refractivity contribution < 1.29 is 23.5 Å². The largest absolute Gasteiger partial charge is 0.452 e. The monoisotopic (exact) mass is 412 g/mol. The smallest absolute Gasteiger partial charge is 0.312 e. The molecule has 158 valence electrons. The van der Waals surface area contributed by atoms with Crippen LogP contribution in [0.25, 0.3) is 0 Å². The van der Waals surface area contributed by atoms with E-state index >= 15 is 0 Å². The minimum absolute atomic E-state index is 0.0539. The molecule has 2 aromatic carbocycles. The molecule has 1 heterocycles. The van der Waals surface area contributed by atoms with E-state index < -0.39 is 23.9 Å². The van der Waals surface area contributed by atoms with Crippen molar-refractivity contribution in [3.8, 4) is 0 Å². The van der Waals surface area contributed by atoms with Crippen LogP contribution >= 0.6 is 0 Å². The summed E-state index contributed by atoms with van der Waals surface area (Å²) in [5.41, 5.74) is 2.65. The SMILES string of the molecule is CCc1ccc(N2C[C@H](C(=O)O[C@H](C)C(=O)NCc3ccc(F)cc3)CC2=O)cc1. The highest BCUT2D eigenvalue weighted by molar-refractivity contribution is 5.99. The molecule has 0 unspecified atom stereocenters. The number of hydrogen-bond acceptors (Lipinski definition) is 4. The maximum absolute atomic E-state index is 12.9. The number of carbonyl (C=O) groups is 3. The molecule has 30 heavy (non-hydrogen) atoms. The summed E-state index contributed by atoms with van der Waals surface area (Å²) in [5, 5.41) is 2.65. The number of amides is 2. The van der Waals surface area contributed by atoms with Gasteiger partial charge in [0.25, 0.3) is 5.91 Å². The van der Waals surface area contributed by atoms with E-state index in [2.05, 4.69) is 12.2 Å². The van der Waals surface area contributed by atoms with E-state index in [9.17, 15) is 18.8 Å². The van der Waals surface area contributed by atoms with Crippen LogP contribution in [0.5, 0.6) is 0 Å². The van der Waals surface area contributed by atoms with Crippen molar-refractivity contribution in [3.05, 3.63) is 65.5 Å². The Bertz CT molecular complexity index is 912. The summed E-state index contributed by atoms with van der Waals surface area (Å²) in [6, 6.07) is 13.4. The average molecular weight is 412 g/mol. The highest BCUT2D eigenvalue weighted by Gasteiger charge is 2.37. The van der Waals surface area contributed by atoms with Gasteiger partial charge in [-0.2, -0.15) is 0 Å². The average Bonchev–Trinajstić information content (AvgIpc) is 3.15. The van der Waals surface area contributed by atoms with Crippen LogP contribution < -0.4 is 10.2 Å². The van der Waals surface area contributed by atoms with Crippen molar-refractivity contribution in [1.29, 1.82) is 0 Å². The lowest BCUT2D eigenvalue weighted by atomic mass is 10.1. The number of halogens is 1. The Balaban J connectivity index is 1.51. The Kier molecular flexibility index (Phi) is 6.82.